The molecule has 0 fully saturated rings. The first kappa shape index (κ1) is 10.4. The van der Waals surface area contributed by atoms with E-state index in [2.05, 4.69) is 63.9 Å². The molecule has 16 heavy (non-hydrogen) atoms. The minimum atomic E-state index is 0.609. The number of likely N-dealkylation sites (N-methyl/N-ethyl adjacent to an activating group) is 1. The molecule has 3 rings (SSSR count). The highest BCUT2D eigenvalue weighted by Crippen LogP contribution is 2.32. The molecule has 0 radical (unpaired) electrons. The van der Waals surface area contributed by atoms with Gasteiger partial charge in [0.15, 0.2) is 0 Å². The Labute approximate surface area is 104 Å². The summed E-state index contributed by atoms with van der Waals surface area (Å²) in [6.45, 7) is 1.09. The van der Waals surface area contributed by atoms with Gasteiger partial charge < -0.3 is 9.47 Å². The Morgan fingerprint density at radius 1 is 1.38 bits per heavy atom. The summed E-state index contributed by atoms with van der Waals surface area (Å²) < 4.78 is 3.59. The minimum absolute atomic E-state index is 0.609. The van der Waals surface area contributed by atoms with Crippen molar-refractivity contribution >= 4 is 26.8 Å². The van der Waals surface area contributed by atoms with E-state index in [-0.39, 0.29) is 0 Å². The van der Waals surface area contributed by atoms with Gasteiger partial charge in [0.05, 0.1) is 5.52 Å². The van der Waals surface area contributed by atoms with Crippen molar-refractivity contribution in [1.29, 1.82) is 0 Å². The Morgan fingerprint density at radius 3 is 2.94 bits per heavy atom. The minimum Gasteiger partial charge on any atom is -0.344 e. The molecule has 2 aromatic rings. The molecule has 0 saturated carbocycles. The first-order valence-corrected chi connectivity index (χ1v) is 6.39. The lowest BCUT2D eigenvalue weighted by Crippen LogP contribution is -2.36. The van der Waals surface area contributed by atoms with Crippen molar-refractivity contribution in [1.82, 2.24) is 9.47 Å². The van der Waals surface area contributed by atoms with Crippen LogP contribution in [-0.2, 0) is 13.0 Å². The molecule has 1 aliphatic heterocycles. The molecule has 2 nitrogen and oxygen atoms in total. The molecular formula is C13H15BrN2. The van der Waals surface area contributed by atoms with E-state index in [1.165, 1.54) is 20.9 Å². The average molecular weight is 279 g/mol. The van der Waals surface area contributed by atoms with E-state index in [4.69, 9.17) is 0 Å². The molecule has 0 bridgehead atoms. The summed E-state index contributed by atoms with van der Waals surface area (Å²) in [5.41, 5.74) is 2.88. The molecule has 0 amide bonds. The topological polar surface area (TPSA) is 8.17 Å². The number of hydrogen-bond acceptors (Lipinski definition) is 1. The summed E-state index contributed by atoms with van der Waals surface area (Å²) in [6.07, 6.45) is 3.37. The molecule has 0 saturated heterocycles. The van der Waals surface area contributed by atoms with Crippen molar-refractivity contribution in [3.8, 4) is 0 Å². The van der Waals surface area contributed by atoms with E-state index in [1.54, 1.807) is 0 Å². The molecule has 0 unspecified atom stereocenters. The number of para-hydroxylation sites is 1. The number of benzene rings is 1. The fourth-order valence-electron chi connectivity index (χ4n) is 2.59. The molecule has 3 heteroatoms. The molecule has 1 atom stereocenters. The maximum absolute atomic E-state index is 3.64. The normalized spacial score (nSPS) is 19.6. The number of aromatic nitrogens is 1. The van der Waals surface area contributed by atoms with Crippen LogP contribution < -0.4 is 0 Å². The van der Waals surface area contributed by atoms with Crippen molar-refractivity contribution in [2.24, 2.45) is 0 Å². The predicted octanol–water partition coefficient (Wildman–Crippen LogP) is 2.89. The maximum atomic E-state index is 3.64. The lowest BCUT2D eigenvalue weighted by molar-refractivity contribution is 0.258. The summed E-state index contributed by atoms with van der Waals surface area (Å²) in [4.78, 5) is 2.32. The first-order valence-electron chi connectivity index (χ1n) is 5.59. The Balaban J connectivity index is 2.20. The second kappa shape index (κ2) is 3.60. The highest BCUT2D eigenvalue weighted by Gasteiger charge is 2.22. The van der Waals surface area contributed by atoms with Gasteiger partial charge in [-0.1, -0.05) is 18.2 Å². The molecule has 1 aromatic carbocycles. The smallest absolute Gasteiger partial charge is 0.0525 e. The SMILES string of the molecule is CN(C)[C@H]1Cc2cccc3c(Br)cn(c23)C1. The van der Waals surface area contributed by atoms with Gasteiger partial charge in [-0.2, -0.15) is 0 Å². The van der Waals surface area contributed by atoms with Crippen LogP contribution >= 0.6 is 15.9 Å². The summed E-state index contributed by atoms with van der Waals surface area (Å²) in [5.74, 6) is 0. The largest absolute Gasteiger partial charge is 0.344 e. The van der Waals surface area contributed by atoms with Crippen LogP contribution in [0.2, 0.25) is 0 Å². The van der Waals surface area contributed by atoms with E-state index in [9.17, 15) is 0 Å². The molecule has 84 valence electrons. The lowest BCUT2D eigenvalue weighted by atomic mass is 9.99. The highest BCUT2D eigenvalue weighted by atomic mass is 79.9. The van der Waals surface area contributed by atoms with Gasteiger partial charge in [-0.05, 0) is 42.0 Å². The number of halogens is 1. The molecule has 0 N–H and O–H groups in total. The zero-order valence-electron chi connectivity index (χ0n) is 9.57. The van der Waals surface area contributed by atoms with Crippen LogP contribution in [0.4, 0.5) is 0 Å². The molecule has 1 aliphatic rings. The van der Waals surface area contributed by atoms with Crippen LogP contribution in [0.1, 0.15) is 5.56 Å². The molecule has 0 spiro atoms. The van der Waals surface area contributed by atoms with Gasteiger partial charge in [0, 0.05) is 28.6 Å². The van der Waals surface area contributed by atoms with Crippen LogP contribution in [-0.4, -0.2) is 29.6 Å². The number of nitrogens with zero attached hydrogens (tertiary/aromatic N) is 2. The van der Waals surface area contributed by atoms with Gasteiger partial charge >= 0.3 is 0 Å². The van der Waals surface area contributed by atoms with E-state index in [0.717, 1.165) is 13.0 Å². The van der Waals surface area contributed by atoms with Crippen LogP contribution in [0, 0.1) is 0 Å². The third-order valence-electron chi connectivity index (χ3n) is 3.53. The molecule has 1 aromatic heterocycles. The fraction of sp³-hybridized carbons (Fsp3) is 0.385. The third kappa shape index (κ3) is 1.42. The van der Waals surface area contributed by atoms with Crippen molar-refractivity contribution < 1.29 is 0 Å². The van der Waals surface area contributed by atoms with E-state index < -0.39 is 0 Å². The van der Waals surface area contributed by atoms with Crippen molar-refractivity contribution in [2.75, 3.05) is 14.1 Å². The van der Waals surface area contributed by atoms with Crippen molar-refractivity contribution in [2.45, 2.75) is 19.0 Å². The van der Waals surface area contributed by atoms with Crippen LogP contribution in [0.3, 0.4) is 0 Å². The Hall–Kier alpha value is -0.800. The summed E-state index contributed by atoms with van der Waals surface area (Å²) in [5, 5.41) is 1.34. The highest BCUT2D eigenvalue weighted by molar-refractivity contribution is 9.10. The molecule has 0 aliphatic carbocycles. The Bertz CT molecular complexity index is 542. The van der Waals surface area contributed by atoms with Crippen LogP contribution in [0.25, 0.3) is 10.9 Å². The third-order valence-corrected chi connectivity index (χ3v) is 4.16. The first-order chi connectivity index (χ1) is 7.66. The second-order valence-electron chi connectivity index (χ2n) is 4.76. The number of rotatable bonds is 1. The van der Waals surface area contributed by atoms with Crippen LogP contribution in [0.5, 0.6) is 0 Å². The average Bonchev–Trinajstić information content (AvgIpc) is 2.58. The van der Waals surface area contributed by atoms with Gasteiger partial charge in [-0.25, -0.2) is 0 Å². The van der Waals surface area contributed by atoms with Crippen molar-refractivity contribution in [3.05, 3.63) is 34.4 Å². The van der Waals surface area contributed by atoms with Gasteiger partial charge in [0.1, 0.15) is 0 Å². The zero-order chi connectivity index (χ0) is 11.3. The van der Waals surface area contributed by atoms with Gasteiger partial charge in [0.25, 0.3) is 0 Å². The van der Waals surface area contributed by atoms with Crippen molar-refractivity contribution in [3.63, 3.8) is 0 Å². The molecule has 2 heterocycles. The van der Waals surface area contributed by atoms with E-state index >= 15 is 0 Å². The quantitative estimate of drug-likeness (QED) is 0.779. The maximum Gasteiger partial charge on any atom is 0.0525 e. The second-order valence-corrected chi connectivity index (χ2v) is 5.62. The zero-order valence-corrected chi connectivity index (χ0v) is 11.2. The lowest BCUT2D eigenvalue weighted by Gasteiger charge is -2.29. The van der Waals surface area contributed by atoms with E-state index in [1.807, 2.05) is 0 Å². The van der Waals surface area contributed by atoms with E-state index in [0.29, 0.717) is 6.04 Å². The Kier molecular flexibility index (Phi) is 2.33. The summed E-state index contributed by atoms with van der Waals surface area (Å²) in [6, 6.07) is 7.21. The van der Waals surface area contributed by atoms with Gasteiger partial charge in [-0.15, -0.1) is 0 Å². The van der Waals surface area contributed by atoms with Crippen LogP contribution in [0.15, 0.2) is 28.9 Å². The van der Waals surface area contributed by atoms with Gasteiger partial charge in [-0.3, -0.25) is 0 Å². The fourth-order valence-corrected chi connectivity index (χ4v) is 3.16. The monoisotopic (exact) mass is 278 g/mol. The van der Waals surface area contributed by atoms with Gasteiger partial charge in [0.2, 0.25) is 0 Å². The molecular weight excluding hydrogens is 264 g/mol. The Morgan fingerprint density at radius 2 is 2.19 bits per heavy atom. The summed E-state index contributed by atoms with van der Waals surface area (Å²) >= 11 is 3.64. The predicted molar refractivity (Wildman–Crippen MR) is 70.8 cm³/mol. The summed E-state index contributed by atoms with van der Waals surface area (Å²) in [7, 11) is 4.32. The standard InChI is InChI=1S/C13H15BrN2/c1-15(2)10-6-9-4-3-5-11-12(14)8-16(7-10)13(9)11/h3-5,8,10H,6-7H2,1-2H3/t10-/m0/s1. The number of hydrogen-bond donors (Lipinski definition) is 0.